The van der Waals surface area contributed by atoms with Gasteiger partial charge in [-0.3, -0.25) is 4.90 Å². The molecule has 2 heterocycles. The second-order valence-electron chi connectivity index (χ2n) is 4.30. The monoisotopic (exact) mass is 242 g/mol. The van der Waals surface area contributed by atoms with E-state index in [1.807, 2.05) is 6.92 Å². The first kappa shape index (κ1) is 12.0. The molecule has 2 rings (SSSR count). The smallest absolute Gasteiger partial charge is 0.107 e. The average molecular weight is 242 g/mol. The summed E-state index contributed by atoms with van der Waals surface area (Å²) in [5, 5.41) is 12.3. The zero-order valence-corrected chi connectivity index (χ0v) is 10.5. The van der Waals surface area contributed by atoms with Crippen LogP contribution in [-0.4, -0.2) is 46.9 Å². The van der Waals surface area contributed by atoms with E-state index in [1.54, 1.807) is 11.3 Å². The molecule has 1 aromatic heterocycles. The first-order chi connectivity index (χ1) is 7.69. The summed E-state index contributed by atoms with van der Waals surface area (Å²) >= 11 is 1.70. The molecule has 0 amide bonds. The van der Waals surface area contributed by atoms with Crippen molar-refractivity contribution in [1.29, 1.82) is 0 Å². The van der Waals surface area contributed by atoms with E-state index in [0.29, 0.717) is 12.6 Å². The van der Waals surface area contributed by atoms with Gasteiger partial charge >= 0.3 is 0 Å². The average Bonchev–Trinajstić information content (AvgIpc) is 2.67. The maximum atomic E-state index is 9.10. The van der Waals surface area contributed by atoms with Gasteiger partial charge in [0, 0.05) is 23.7 Å². The Balaban J connectivity index is 1.96. The summed E-state index contributed by atoms with van der Waals surface area (Å²) in [5.41, 5.74) is 1.08. The predicted octanol–water partition coefficient (Wildman–Crippen LogP) is 1.03. The van der Waals surface area contributed by atoms with Crippen LogP contribution in [0.5, 0.6) is 0 Å². The molecule has 2 atom stereocenters. The van der Waals surface area contributed by atoms with E-state index in [9.17, 15) is 0 Å². The quantitative estimate of drug-likeness (QED) is 0.860. The van der Waals surface area contributed by atoms with Crippen LogP contribution in [-0.2, 0) is 11.3 Å². The molecule has 16 heavy (non-hydrogen) atoms. The summed E-state index contributed by atoms with van der Waals surface area (Å²) in [6.45, 7) is 6.60. The summed E-state index contributed by atoms with van der Waals surface area (Å²) in [5.74, 6) is 0. The molecule has 2 unspecified atom stereocenters. The van der Waals surface area contributed by atoms with Gasteiger partial charge in [-0.1, -0.05) is 0 Å². The third-order valence-electron chi connectivity index (χ3n) is 2.84. The Hall–Kier alpha value is -0.490. The number of aliphatic hydroxyl groups is 1. The van der Waals surface area contributed by atoms with Gasteiger partial charge in [0.2, 0.25) is 0 Å². The Bertz CT molecular complexity index is 342. The first-order valence-corrected chi connectivity index (χ1v) is 6.44. The van der Waals surface area contributed by atoms with E-state index in [0.717, 1.165) is 23.8 Å². The van der Waals surface area contributed by atoms with Gasteiger partial charge in [-0.25, -0.2) is 4.98 Å². The Labute approximate surface area is 99.9 Å². The predicted molar refractivity (Wildman–Crippen MR) is 63.5 cm³/mol. The molecule has 1 saturated heterocycles. The van der Waals surface area contributed by atoms with Crippen molar-refractivity contribution >= 4 is 11.3 Å². The number of hydrogen-bond acceptors (Lipinski definition) is 5. The second kappa shape index (κ2) is 5.23. The topological polar surface area (TPSA) is 45.6 Å². The van der Waals surface area contributed by atoms with Gasteiger partial charge in [-0.15, -0.1) is 11.3 Å². The van der Waals surface area contributed by atoms with Crippen LogP contribution in [0, 0.1) is 6.92 Å². The largest absolute Gasteiger partial charge is 0.394 e. The van der Waals surface area contributed by atoms with E-state index < -0.39 is 0 Å². The molecule has 0 saturated carbocycles. The highest BCUT2D eigenvalue weighted by Gasteiger charge is 2.26. The van der Waals surface area contributed by atoms with E-state index in [4.69, 9.17) is 9.84 Å². The molecule has 90 valence electrons. The molecule has 0 aliphatic carbocycles. The van der Waals surface area contributed by atoms with Crippen LogP contribution in [0.2, 0.25) is 0 Å². The summed E-state index contributed by atoms with van der Waals surface area (Å²) < 4.78 is 5.50. The normalized spacial score (nSPS) is 27.2. The van der Waals surface area contributed by atoms with Crippen molar-refractivity contribution in [3.63, 3.8) is 0 Å². The van der Waals surface area contributed by atoms with Crippen molar-refractivity contribution in [2.45, 2.75) is 32.5 Å². The van der Waals surface area contributed by atoms with Gasteiger partial charge < -0.3 is 9.84 Å². The Morgan fingerprint density at radius 1 is 1.69 bits per heavy atom. The number of aliphatic hydroxyl groups excluding tert-OH is 1. The molecule has 5 heteroatoms. The van der Waals surface area contributed by atoms with Gasteiger partial charge in [0.15, 0.2) is 0 Å². The highest BCUT2D eigenvalue weighted by molar-refractivity contribution is 7.09. The van der Waals surface area contributed by atoms with Crippen molar-refractivity contribution in [1.82, 2.24) is 9.88 Å². The van der Waals surface area contributed by atoms with Gasteiger partial charge in [0.1, 0.15) is 5.01 Å². The molecule has 1 aromatic rings. The summed E-state index contributed by atoms with van der Waals surface area (Å²) in [6, 6.07) is 0.395. The summed E-state index contributed by atoms with van der Waals surface area (Å²) in [6.07, 6.45) is -0.0442. The number of aromatic nitrogens is 1. The minimum Gasteiger partial charge on any atom is -0.394 e. The fourth-order valence-corrected chi connectivity index (χ4v) is 2.65. The van der Waals surface area contributed by atoms with E-state index >= 15 is 0 Å². The van der Waals surface area contributed by atoms with Crippen molar-refractivity contribution in [2.75, 3.05) is 19.8 Å². The van der Waals surface area contributed by atoms with Crippen LogP contribution in [0.15, 0.2) is 5.38 Å². The number of nitrogens with zero attached hydrogens (tertiary/aromatic N) is 2. The van der Waals surface area contributed by atoms with Crippen LogP contribution in [0.4, 0.5) is 0 Å². The first-order valence-electron chi connectivity index (χ1n) is 5.56. The molecular weight excluding hydrogens is 224 g/mol. The van der Waals surface area contributed by atoms with Gasteiger partial charge in [-0.05, 0) is 13.8 Å². The third kappa shape index (κ3) is 2.79. The Morgan fingerprint density at radius 3 is 3.12 bits per heavy atom. The fourth-order valence-electron chi connectivity index (χ4n) is 1.85. The zero-order chi connectivity index (χ0) is 11.5. The van der Waals surface area contributed by atoms with E-state index in [1.165, 1.54) is 0 Å². The minimum absolute atomic E-state index is 0.0442. The van der Waals surface area contributed by atoms with Crippen LogP contribution in [0.25, 0.3) is 0 Å². The SMILES string of the molecule is Cc1csc(CN2CC(CO)OCC2C)n1. The van der Waals surface area contributed by atoms with Gasteiger partial charge in [0.05, 0.1) is 25.9 Å². The molecule has 1 aliphatic heterocycles. The number of hydrogen-bond donors (Lipinski definition) is 1. The van der Waals surface area contributed by atoms with Gasteiger partial charge in [-0.2, -0.15) is 0 Å². The Morgan fingerprint density at radius 2 is 2.50 bits per heavy atom. The summed E-state index contributed by atoms with van der Waals surface area (Å²) in [7, 11) is 0. The maximum absolute atomic E-state index is 9.10. The highest BCUT2D eigenvalue weighted by Crippen LogP contribution is 2.17. The molecule has 0 spiro atoms. The number of aryl methyl sites for hydroxylation is 1. The van der Waals surface area contributed by atoms with E-state index in [-0.39, 0.29) is 12.7 Å². The molecule has 1 fully saturated rings. The lowest BCUT2D eigenvalue weighted by atomic mass is 10.2. The lowest BCUT2D eigenvalue weighted by molar-refractivity contribution is -0.0805. The number of ether oxygens (including phenoxy) is 1. The number of thiazole rings is 1. The maximum Gasteiger partial charge on any atom is 0.107 e. The van der Waals surface area contributed by atoms with Crippen LogP contribution in [0.1, 0.15) is 17.6 Å². The minimum atomic E-state index is -0.0442. The number of morpholine rings is 1. The summed E-state index contributed by atoms with van der Waals surface area (Å²) in [4.78, 5) is 6.79. The molecule has 1 aliphatic rings. The fraction of sp³-hybridized carbons (Fsp3) is 0.727. The van der Waals surface area contributed by atoms with E-state index in [2.05, 4.69) is 22.2 Å². The highest BCUT2D eigenvalue weighted by atomic mass is 32.1. The Kier molecular flexibility index (Phi) is 3.91. The van der Waals surface area contributed by atoms with Crippen molar-refractivity contribution in [2.24, 2.45) is 0 Å². The molecule has 0 aromatic carbocycles. The van der Waals surface area contributed by atoms with Crippen molar-refractivity contribution < 1.29 is 9.84 Å². The third-order valence-corrected chi connectivity index (χ3v) is 3.79. The lowest BCUT2D eigenvalue weighted by Gasteiger charge is -2.36. The van der Waals surface area contributed by atoms with Gasteiger partial charge in [0.25, 0.3) is 0 Å². The molecule has 1 N–H and O–H groups in total. The molecular formula is C11H18N2O2S. The molecule has 0 bridgehead atoms. The standard InChI is InChI=1S/C11H18N2O2S/c1-8-7-16-11(12-8)4-13-3-10(5-14)15-6-9(13)2/h7,9-10,14H,3-6H2,1-2H3. The van der Waals surface area contributed by atoms with Crippen LogP contribution >= 0.6 is 11.3 Å². The van der Waals surface area contributed by atoms with Crippen molar-refractivity contribution in [3.05, 3.63) is 16.1 Å². The van der Waals surface area contributed by atoms with Crippen LogP contribution < -0.4 is 0 Å². The van der Waals surface area contributed by atoms with Crippen molar-refractivity contribution in [3.8, 4) is 0 Å². The second-order valence-corrected chi connectivity index (χ2v) is 5.24. The number of rotatable bonds is 3. The van der Waals surface area contributed by atoms with Crippen LogP contribution in [0.3, 0.4) is 0 Å². The molecule has 0 radical (unpaired) electrons. The zero-order valence-electron chi connectivity index (χ0n) is 9.72. The molecule has 4 nitrogen and oxygen atoms in total. The lowest BCUT2D eigenvalue weighted by Crippen LogP contribution is -2.48.